The van der Waals surface area contributed by atoms with Crippen LogP contribution in [0.1, 0.15) is 6.42 Å². The number of ether oxygens (including phenoxy) is 1. The molecule has 2 atom stereocenters. The summed E-state index contributed by atoms with van der Waals surface area (Å²) in [5, 5.41) is 16.9. The third-order valence-electron chi connectivity index (χ3n) is 1.04. The zero-order valence-electron chi connectivity index (χ0n) is 5.65. The van der Waals surface area contributed by atoms with Gasteiger partial charge in [0, 0.05) is 13.5 Å². The van der Waals surface area contributed by atoms with E-state index in [4.69, 9.17) is 15.9 Å². The minimum Gasteiger partial charge on any atom is -0.480 e. The summed E-state index contributed by atoms with van der Waals surface area (Å²) >= 11 is 0. The Morgan fingerprint density at radius 2 is 2.30 bits per heavy atom. The van der Waals surface area contributed by atoms with E-state index in [1.54, 1.807) is 0 Å². The van der Waals surface area contributed by atoms with Crippen LogP contribution in [0.25, 0.3) is 0 Å². The van der Waals surface area contributed by atoms with Gasteiger partial charge in [0.15, 0.2) is 6.29 Å². The lowest BCUT2D eigenvalue weighted by Crippen LogP contribution is -2.34. The molecule has 0 aromatic rings. The lowest BCUT2D eigenvalue weighted by atomic mass is 10.2. The molecule has 5 nitrogen and oxygen atoms in total. The molecule has 0 spiro atoms. The van der Waals surface area contributed by atoms with Crippen LogP contribution in [0, 0.1) is 0 Å². The highest BCUT2D eigenvalue weighted by Crippen LogP contribution is 1.95. The molecule has 60 valence electrons. The predicted molar refractivity (Wildman–Crippen MR) is 33.2 cm³/mol. The molecule has 1 unspecified atom stereocenters. The quantitative estimate of drug-likeness (QED) is 0.434. The second-order valence-electron chi connectivity index (χ2n) is 1.87. The van der Waals surface area contributed by atoms with Gasteiger partial charge in [-0.3, -0.25) is 4.79 Å². The van der Waals surface area contributed by atoms with Gasteiger partial charge in [-0.25, -0.2) is 0 Å². The van der Waals surface area contributed by atoms with Gasteiger partial charge in [0.05, 0.1) is 0 Å². The molecule has 0 rings (SSSR count). The Morgan fingerprint density at radius 3 is 2.60 bits per heavy atom. The third-order valence-corrected chi connectivity index (χ3v) is 1.04. The molecule has 0 aliphatic carbocycles. The number of carboxylic acid groups (broad SMARTS) is 1. The van der Waals surface area contributed by atoms with Crippen molar-refractivity contribution in [3.05, 3.63) is 0 Å². The summed E-state index contributed by atoms with van der Waals surface area (Å²) in [7, 11) is 1.28. The van der Waals surface area contributed by atoms with Gasteiger partial charge >= 0.3 is 5.97 Å². The fourth-order valence-corrected chi connectivity index (χ4v) is 0.414. The average molecular weight is 149 g/mol. The van der Waals surface area contributed by atoms with Crippen LogP contribution in [0.2, 0.25) is 0 Å². The molecule has 0 bridgehead atoms. The van der Waals surface area contributed by atoms with E-state index < -0.39 is 18.3 Å². The Hall–Kier alpha value is -0.650. The summed E-state index contributed by atoms with van der Waals surface area (Å²) in [4.78, 5) is 10.1. The van der Waals surface area contributed by atoms with Gasteiger partial charge in [0.1, 0.15) is 6.04 Å². The molecule has 0 saturated heterocycles. The van der Waals surface area contributed by atoms with Gasteiger partial charge in [-0.05, 0) is 0 Å². The minimum atomic E-state index is -1.14. The maximum atomic E-state index is 10.1. The lowest BCUT2D eigenvalue weighted by molar-refractivity contribution is -0.142. The van der Waals surface area contributed by atoms with Crippen molar-refractivity contribution < 1.29 is 19.7 Å². The summed E-state index contributed by atoms with van der Waals surface area (Å²) in [6, 6.07) is -1.06. The van der Waals surface area contributed by atoms with Crippen molar-refractivity contribution in [2.75, 3.05) is 7.11 Å². The summed E-state index contributed by atoms with van der Waals surface area (Å²) in [6.07, 6.45) is -1.18. The van der Waals surface area contributed by atoms with Gasteiger partial charge in [0.2, 0.25) is 0 Å². The molecule has 0 aliphatic rings. The van der Waals surface area contributed by atoms with E-state index in [-0.39, 0.29) is 6.42 Å². The van der Waals surface area contributed by atoms with Crippen molar-refractivity contribution in [3.8, 4) is 0 Å². The normalized spacial score (nSPS) is 16.3. The SMILES string of the molecule is COC(O)C[C@H](N)C(=O)O. The first-order chi connectivity index (χ1) is 4.57. The first kappa shape index (κ1) is 9.35. The van der Waals surface area contributed by atoms with Crippen LogP contribution >= 0.6 is 0 Å². The molecule has 0 radical (unpaired) electrons. The van der Waals surface area contributed by atoms with E-state index in [2.05, 4.69) is 4.74 Å². The Morgan fingerprint density at radius 1 is 1.80 bits per heavy atom. The fourth-order valence-electron chi connectivity index (χ4n) is 0.414. The number of nitrogens with two attached hydrogens (primary N) is 1. The number of hydrogen-bond donors (Lipinski definition) is 3. The van der Waals surface area contributed by atoms with Crippen molar-refractivity contribution in [2.24, 2.45) is 5.73 Å². The number of rotatable bonds is 4. The first-order valence-electron chi connectivity index (χ1n) is 2.77. The van der Waals surface area contributed by atoms with Crippen molar-refractivity contribution in [1.82, 2.24) is 0 Å². The number of aliphatic hydroxyl groups is 1. The van der Waals surface area contributed by atoms with E-state index in [1.165, 1.54) is 7.11 Å². The Bertz CT molecular complexity index is 116. The Labute approximate surface area is 58.4 Å². The molecular weight excluding hydrogens is 138 g/mol. The minimum absolute atomic E-state index is 0.0914. The lowest BCUT2D eigenvalue weighted by Gasteiger charge is -2.10. The molecule has 5 heteroatoms. The van der Waals surface area contributed by atoms with Crippen LogP contribution < -0.4 is 5.73 Å². The highest BCUT2D eigenvalue weighted by atomic mass is 16.6. The maximum Gasteiger partial charge on any atom is 0.320 e. The van der Waals surface area contributed by atoms with Crippen LogP contribution in [-0.2, 0) is 9.53 Å². The van der Waals surface area contributed by atoms with Gasteiger partial charge in [-0.1, -0.05) is 0 Å². The van der Waals surface area contributed by atoms with Crippen molar-refractivity contribution >= 4 is 5.97 Å². The summed E-state index contributed by atoms with van der Waals surface area (Å²) in [5.41, 5.74) is 5.05. The standard InChI is InChI=1S/C5H11NO4/c1-10-4(7)2-3(6)5(8)9/h3-4,7H,2,6H2,1H3,(H,8,9)/t3-,4?/m0/s1. The maximum absolute atomic E-state index is 10.1. The van der Waals surface area contributed by atoms with Crippen LogP contribution in [0.5, 0.6) is 0 Å². The smallest absolute Gasteiger partial charge is 0.320 e. The molecule has 0 amide bonds. The van der Waals surface area contributed by atoms with Crippen molar-refractivity contribution in [1.29, 1.82) is 0 Å². The number of carbonyl (C=O) groups is 1. The van der Waals surface area contributed by atoms with Crippen LogP contribution in [0.4, 0.5) is 0 Å². The molecule has 0 saturated carbocycles. The van der Waals surface area contributed by atoms with Crippen LogP contribution in [0.3, 0.4) is 0 Å². The van der Waals surface area contributed by atoms with Crippen molar-refractivity contribution in [3.63, 3.8) is 0 Å². The van der Waals surface area contributed by atoms with E-state index in [0.29, 0.717) is 0 Å². The van der Waals surface area contributed by atoms with Gasteiger partial charge in [0.25, 0.3) is 0 Å². The third kappa shape index (κ3) is 3.39. The van der Waals surface area contributed by atoms with Crippen LogP contribution in [0.15, 0.2) is 0 Å². The van der Waals surface area contributed by atoms with Gasteiger partial charge < -0.3 is 20.7 Å². The molecule has 0 aliphatic heterocycles. The van der Waals surface area contributed by atoms with E-state index in [9.17, 15) is 4.79 Å². The molecule has 0 fully saturated rings. The first-order valence-corrected chi connectivity index (χ1v) is 2.77. The van der Waals surface area contributed by atoms with E-state index in [0.717, 1.165) is 0 Å². The Kier molecular flexibility index (Phi) is 3.94. The largest absolute Gasteiger partial charge is 0.480 e. The second kappa shape index (κ2) is 4.21. The number of carboxylic acids is 1. The highest BCUT2D eigenvalue weighted by molar-refractivity contribution is 5.72. The Balaban J connectivity index is 3.56. The number of hydrogen-bond acceptors (Lipinski definition) is 4. The molecule has 10 heavy (non-hydrogen) atoms. The predicted octanol–water partition coefficient (Wildman–Crippen LogP) is -1.25. The van der Waals surface area contributed by atoms with Gasteiger partial charge in [-0.15, -0.1) is 0 Å². The van der Waals surface area contributed by atoms with E-state index in [1.807, 2.05) is 0 Å². The second-order valence-corrected chi connectivity index (χ2v) is 1.87. The number of aliphatic hydroxyl groups excluding tert-OH is 1. The van der Waals surface area contributed by atoms with Crippen molar-refractivity contribution in [2.45, 2.75) is 18.8 Å². The monoisotopic (exact) mass is 149 g/mol. The highest BCUT2D eigenvalue weighted by Gasteiger charge is 2.15. The summed E-state index contributed by atoms with van der Waals surface area (Å²) in [6.45, 7) is 0. The van der Waals surface area contributed by atoms with Gasteiger partial charge in [-0.2, -0.15) is 0 Å². The molecule has 0 aromatic carbocycles. The molecule has 0 heterocycles. The number of aliphatic carboxylic acids is 1. The number of methoxy groups -OCH3 is 1. The zero-order chi connectivity index (χ0) is 8.15. The molecular formula is C5H11NO4. The van der Waals surface area contributed by atoms with Crippen LogP contribution in [-0.4, -0.2) is 35.6 Å². The van der Waals surface area contributed by atoms with E-state index >= 15 is 0 Å². The fraction of sp³-hybridized carbons (Fsp3) is 0.800. The topological polar surface area (TPSA) is 92.8 Å². The molecule has 4 N–H and O–H groups in total. The average Bonchev–Trinajstić information content (AvgIpc) is 1.87. The summed E-state index contributed by atoms with van der Waals surface area (Å²) in [5.74, 6) is -1.14. The molecule has 0 aromatic heterocycles. The zero-order valence-corrected chi connectivity index (χ0v) is 5.65. The summed E-state index contributed by atoms with van der Waals surface area (Å²) < 4.78 is 4.38.